The molecule has 0 saturated carbocycles. The first-order valence-corrected chi connectivity index (χ1v) is 7.72. The second kappa shape index (κ2) is 5.55. The maximum absolute atomic E-state index is 11.8. The number of aryl methyl sites for hydroxylation is 3. The minimum atomic E-state index is 0.222. The van der Waals surface area contributed by atoms with Crippen LogP contribution < -0.4 is 4.90 Å². The lowest BCUT2D eigenvalue weighted by atomic mass is 10.2. The number of rotatable bonds is 2. The summed E-state index contributed by atoms with van der Waals surface area (Å²) in [7, 11) is 1.92. The highest BCUT2D eigenvalue weighted by atomic mass is 16.2. The van der Waals surface area contributed by atoms with Crippen LogP contribution in [0.3, 0.4) is 0 Å². The van der Waals surface area contributed by atoms with E-state index >= 15 is 0 Å². The van der Waals surface area contributed by atoms with Gasteiger partial charge in [-0.05, 0) is 13.8 Å². The molecule has 118 valence electrons. The number of hydrogen-bond donors (Lipinski definition) is 0. The molecule has 2 aromatic rings. The minimum Gasteiger partial charge on any atom is -0.351 e. The van der Waals surface area contributed by atoms with E-state index < -0.39 is 0 Å². The van der Waals surface area contributed by atoms with Gasteiger partial charge in [0.05, 0.1) is 5.69 Å². The van der Waals surface area contributed by atoms with Gasteiger partial charge in [0, 0.05) is 39.6 Å². The van der Waals surface area contributed by atoms with Crippen LogP contribution in [-0.2, 0) is 11.8 Å². The SMILES string of the molecule is CCC(=O)N1CCN(c2nc(C)nc3c(C)nn(C)c23)CC1. The van der Waals surface area contributed by atoms with Crippen LogP contribution in [0.2, 0.25) is 0 Å². The first-order chi connectivity index (χ1) is 10.5. The Morgan fingerprint density at radius 1 is 1.14 bits per heavy atom. The molecule has 0 aromatic carbocycles. The average Bonchev–Trinajstić information content (AvgIpc) is 2.80. The second-order valence-electron chi connectivity index (χ2n) is 5.72. The highest BCUT2D eigenvalue weighted by molar-refractivity contribution is 5.88. The Kier molecular flexibility index (Phi) is 3.72. The lowest BCUT2D eigenvalue weighted by Gasteiger charge is -2.35. The summed E-state index contributed by atoms with van der Waals surface area (Å²) in [4.78, 5) is 25.1. The van der Waals surface area contributed by atoms with Crippen molar-refractivity contribution in [1.29, 1.82) is 0 Å². The summed E-state index contributed by atoms with van der Waals surface area (Å²) in [6, 6.07) is 0. The van der Waals surface area contributed by atoms with Crippen LogP contribution in [0.15, 0.2) is 0 Å². The Bertz CT molecular complexity index is 714. The van der Waals surface area contributed by atoms with Gasteiger partial charge >= 0.3 is 0 Å². The number of nitrogens with zero attached hydrogens (tertiary/aromatic N) is 6. The molecule has 22 heavy (non-hydrogen) atoms. The predicted octanol–water partition coefficient (Wildman–Crippen LogP) is 1.04. The van der Waals surface area contributed by atoms with Gasteiger partial charge in [0.25, 0.3) is 0 Å². The third-order valence-electron chi connectivity index (χ3n) is 4.18. The fraction of sp³-hybridized carbons (Fsp3) is 0.600. The van der Waals surface area contributed by atoms with E-state index in [1.807, 2.05) is 37.4 Å². The molecular weight excluding hydrogens is 280 g/mol. The topological polar surface area (TPSA) is 67.2 Å². The van der Waals surface area contributed by atoms with Crippen LogP contribution in [0.4, 0.5) is 5.82 Å². The summed E-state index contributed by atoms with van der Waals surface area (Å²) in [5.41, 5.74) is 2.81. The first-order valence-electron chi connectivity index (χ1n) is 7.72. The van der Waals surface area contributed by atoms with E-state index in [2.05, 4.69) is 20.0 Å². The number of piperazine rings is 1. The number of hydrogen-bond acceptors (Lipinski definition) is 5. The van der Waals surface area contributed by atoms with Crippen LogP contribution in [0.5, 0.6) is 0 Å². The van der Waals surface area contributed by atoms with E-state index in [1.165, 1.54) is 0 Å². The summed E-state index contributed by atoms with van der Waals surface area (Å²) in [5.74, 6) is 1.90. The molecule has 0 spiro atoms. The van der Waals surface area contributed by atoms with Crippen molar-refractivity contribution in [2.45, 2.75) is 27.2 Å². The van der Waals surface area contributed by atoms with Crippen molar-refractivity contribution in [2.75, 3.05) is 31.1 Å². The molecule has 3 rings (SSSR count). The fourth-order valence-corrected chi connectivity index (χ4v) is 3.04. The summed E-state index contributed by atoms with van der Waals surface area (Å²) >= 11 is 0. The van der Waals surface area contributed by atoms with Gasteiger partial charge in [-0.15, -0.1) is 0 Å². The lowest BCUT2D eigenvalue weighted by Crippen LogP contribution is -2.49. The van der Waals surface area contributed by atoms with E-state index in [1.54, 1.807) is 0 Å². The summed E-state index contributed by atoms with van der Waals surface area (Å²) in [5, 5.41) is 4.47. The van der Waals surface area contributed by atoms with Gasteiger partial charge in [-0.1, -0.05) is 6.92 Å². The standard InChI is InChI=1S/C15H22N6O/c1-5-12(22)20-6-8-21(9-7-20)15-14-13(16-11(3)17-15)10(2)18-19(14)4/h5-9H2,1-4H3. The van der Waals surface area contributed by atoms with E-state index in [0.29, 0.717) is 6.42 Å². The molecule has 0 bridgehead atoms. The number of aromatic nitrogens is 4. The van der Waals surface area contributed by atoms with Gasteiger partial charge in [0.1, 0.15) is 16.9 Å². The van der Waals surface area contributed by atoms with E-state index in [9.17, 15) is 4.79 Å². The van der Waals surface area contributed by atoms with Gasteiger partial charge in [0.15, 0.2) is 5.82 Å². The maximum atomic E-state index is 11.8. The maximum Gasteiger partial charge on any atom is 0.222 e. The molecule has 2 aromatic heterocycles. The molecule has 0 atom stereocenters. The number of anilines is 1. The Labute approximate surface area is 129 Å². The molecule has 7 heteroatoms. The number of carbonyl (C=O) groups is 1. The number of carbonyl (C=O) groups excluding carboxylic acids is 1. The smallest absolute Gasteiger partial charge is 0.222 e. The third-order valence-corrected chi connectivity index (χ3v) is 4.18. The zero-order valence-corrected chi connectivity index (χ0v) is 13.6. The van der Waals surface area contributed by atoms with Crippen molar-refractivity contribution < 1.29 is 4.79 Å². The number of fused-ring (bicyclic) bond motifs is 1. The summed E-state index contributed by atoms with van der Waals surface area (Å²) < 4.78 is 1.85. The van der Waals surface area contributed by atoms with E-state index in [4.69, 9.17) is 0 Å². The van der Waals surface area contributed by atoms with Crippen molar-refractivity contribution in [3.8, 4) is 0 Å². The predicted molar refractivity (Wildman–Crippen MR) is 84.9 cm³/mol. The number of amides is 1. The Hall–Kier alpha value is -2.18. The van der Waals surface area contributed by atoms with Crippen LogP contribution in [0.25, 0.3) is 11.0 Å². The molecule has 0 aliphatic carbocycles. The highest BCUT2D eigenvalue weighted by Gasteiger charge is 2.24. The van der Waals surface area contributed by atoms with E-state index in [0.717, 1.165) is 54.5 Å². The van der Waals surface area contributed by atoms with Crippen molar-refractivity contribution in [1.82, 2.24) is 24.6 Å². The molecule has 0 N–H and O–H groups in total. The minimum absolute atomic E-state index is 0.222. The van der Waals surface area contributed by atoms with Gasteiger partial charge in [-0.3, -0.25) is 9.48 Å². The molecule has 0 radical (unpaired) electrons. The Morgan fingerprint density at radius 2 is 1.82 bits per heavy atom. The summed E-state index contributed by atoms with van der Waals surface area (Å²) in [6.07, 6.45) is 0.567. The molecule has 0 unspecified atom stereocenters. The summed E-state index contributed by atoms with van der Waals surface area (Å²) in [6.45, 7) is 8.86. The van der Waals surface area contributed by atoms with Gasteiger partial charge in [0.2, 0.25) is 5.91 Å². The van der Waals surface area contributed by atoms with E-state index in [-0.39, 0.29) is 5.91 Å². The highest BCUT2D eigenvalue weighted by Crippen LogP contribution is 2.26. The third kappa shape index (κ3) is 2.40. The first kappa shape index (κ1) is 14.7. The molecule has 1 aliphatic heterocycles. The molecule has 1 amide bonds. The average molecular weight is 302 g/mol. The van der Waals surface area contributed by atoms with Crippen molar-refractivity contribution >= 4 is 22.8 Å². The molecule has 3 heterocycles. The van der Waals surface area contributed by atoms with Gasteiger partial charge in [-0.2, -0.15) is 5.10 Å². The lowest BCUT2D eigenvalue weighted by molar-refractivity contribution is -0.131. The Balaban J connectivity index is 1.93. The molecule has 1 aliphatic rings. The Morgan fingerprint density at radius 3 is 2.45 bits per heavy atom. The van der Waals surface area contributed by atoms with Crippen molar-refractivity contribution in [3.05, 3.63) is 11.5 Å². The van der Waals surface area contributed by atoms with Gasteiger partial charge < -0.3 is 9.80 Å². The normalized spacial score (nSPS) is 15.6. The second-order valence-corrected chi connectivity index (χ2v) is 5.72. The van der Waals surface area contributed by atoms with Crippen LogP contribution >= 0.6 is 0 Å². The van der Waals surface area contributed by atoms with Crippen molar-refractivity contribution in [3.63, 3.8) is 0 Å². The monoisotopic (exact) mass is 302 g/mol. The molecule has 1 saturated heterocycles. The van der Waals surface area contributed by atoms with Crippen LogP contribution in [0.1, 0.15) is 24.9 Å². The van der Waals surface area contributed by atoms with Crippen LogP contribution in [0, 0.1) is 13.8 Å². The zero-order valence-electron chi connectivity index (χ0n) is 13.6. The molecule has 7 nitrogen and oxygen atoms in total. The fourth-order valence-electron chi connectivity index (χ4n) is 3.04. The quantitative estimate of drug-likeness (QED) is 0.829. The largest absolute Gasteiger partial charge is 0.351 e. The molecule has 1 fully saturated rings. The zero-order chi connectivity index (χ0) is 15.9. The van der Waals surface area contributed by atoms with Crippen molar-refractivity contribution in [2.24, 2.45) is 7.05 Å². The molecular formula is C15H22N6O. The van der Waals surface area contributed by atoms with Crippen LogP contribution in [-0.4, -0.2) is 56.7 Å². The van der Waals surface area contributed by atoms with Gasteiger partial charge in [-0.25, -0.2) is 9.97 Å².